The maximum atomic E-state index is 14.8. The number of aliphatic carboxylic acids is 2. The molecule has 52 heavy (non-hydrogen) atoms. The van der Waals surface area contributed by atoms with Gasteiger partial charge in [-0.15, -0.1) is 11.8 Å². The van der Waals surface area contributed by atoms with Crippen LogP contribution in [0.5, 0.6) is 0 Å². The Hall–Kier alpha value is -5.33. The summed E-state index contributed by atoms with van der Waals surface area (Å²) in [6.07, 6.45) is 5.00. The number of carbonyl (C=O) groups is 4. The van der Waals surface area contributed by atoms with Crippen LogP contribution in [0, 0.1) is 17.1 Å². The molecule has 6 rings (SSSR count). The number of fused-ring (bicyclic) bond motifs is 2. The van der Waals surface area contributed by atoms with E-state index in [2.05, 4.69) is 10.1 Å². The van der Waals surface area contributed by atoms with Gasteiger partial charge in [-0.05, 0) is 26.0 Å². The molecule has 3 aromatic heterocycles. The van der Waals surface area contributed by atoms with Crippen LogP contribution in [0.25, 0.3) is 10.9 Å². The van der Waals surface area contributed by atoms with Crippen LogP contribution in [-0.4, -0.2) is 76.6 Å². The van der Waals surface area contributed by atoms with E-state index in [-0.39, 0.29) is 51.1 Å². The fraction of sp³-hybridized carbons (Fsp3) is 0.273. The number of halogens is 2. The number of hydrogen-bond acceptors (Lipinski definition) is 11. The van der Waals surface area contributed by atoms with Gasteiger partial charge >= 0.3 is 11.9 Å². The van der Waals surface area contributed by atoms with Gasteiger partial charge in [0.1, 0.15) is 32.9 Å². The third kappa shape index (κ3) is 6.96. The SMILES string of the molecule is CC(C)(O/N=C(\C(=O)C[C@@H]1C(=O)N2C(C(=O)O)=C(C[n+]3ccc4ccn(Cc5ccc(C(=N)N)cc5F)c4c3)CS[C@H]12)c1nc(N)sc1Cl)C(=O)O. The lowest BCUT2D eigenvalue weighted by Crippen LogP contribution is -2.62. The van der Waals surface area contributed by atoms with Gasteiger partial charge in [0, 0.05) is 46.5 Å². The number of thiazole rings is 1. The number of carboxylic acid groups (broad SMARTS) is 2. The van der Waals surface area contributed by atoms with E-state index in [4.69, 9.17) is 33.3 Å². The van der Waals surface area contributed by atoms with Crippen LogP contribution in [0.2, 0.25) is 4.34 Å². The molecule has 0 saturated carbocycles. The Kier molecular flexibility index (Phi) is 9.82. The van der Waals surface area contributed by atoms with Gasteiger partial charge in [0.25, 0.3) is 0 Å². The van der Waals surface area contributed by atoms with Crippen molar-refractivity contribution in [1.29, 1.82) is 5.41 Å². The molecule has 15 nitrogen and oxygen atoms in total. The third-order valence-electron chi connectivity index (χ3n) is 8.59. The molecule has 0 radical (unpaired) electrons. The van der Waals surface area contributed by atoms with Crippen molar-refractivity contribution in [2.24, 2.45) is 16.8 Å². The molecule has 1 amide bonds. The number of hydrogen-bond donors (Lipinski definition) is 5. The maximum absolute atomic E-state index is 14.8. The number of benzene rings is 1. The Labute approximate surface area is 307 Å². The molecule has 1 saturated heterocycles. The van der Waals surface area contributed by atoms with Crippen LogP contribution >= 0.6 is 34.7 Å². The van der Waals surface area contributed by atoms with E-state index in [1.54, 1.807) is 22.9 Å². The second kappa shape index (κ2) is 14.0. The van der Waals surface area contributed by atoms with Crippen LogP contribution in [0.3, 0.4) is 0 Å². The van der Waals surface area contributed by atoms with E-state index in [0.717, 1.165) is 22.2 Å². The van der Waals surface area contributed by atoms with Gasteiger partial charge in [0.05, 0.1) is 17.8 Å². The lowest BCUT2D eigenvalue weighted by molar-refractivity contribution is -0.687. The summed E-state index contributed by atoms with van der Waals surface area (Å²) in [4.78, 5) is 61.7. The molecular formula is C33H31ClFN8O7S2+. The highest BCUT2D eigenvalue weighted by atomic mass is 35.5. The zero-order chi connectivity index (χ0) is 37.6. The first-order valence-corrected chi connectivity index (χ1v) is 17.8. The molecule has 2 aliphatic rings. The molecule has 0 aliphatic carbocycles. The molecule has 4 aromatic rings. The van der Waals surface area contributed by atoms with Crippen LogP contribution in [0.1, 0.15) is 37.1 Å². The first kappa shape index (κ1) is 36.5. The maximum Gasteiger partial charge on any atom is 0.352 e. The monoisotopic (exact) mass is 769 g/mol. The predicted octanol–water partition coefficient (Wildman–Crippen LogP) is 3.21. The standard InChI is InChI=1S/C33H30ClFN8O7S2/c1-33(2,31(48)49)50-40-23(24-26(34)52-32(38)39-24)22(44)10-19-28(45)43-25(30(46)47)18(14-51-29(19)43)11-41-7-5-15-6-8-42(21(15)13-41)12-17-4-3-16(27(36)37)9-20(17)35/h3-9,13,19,29H,10-12,14H2,1-2H3,(H6-,36,37,38,39,46,47,48,49)/p+1/b40-23+/t19-,29-/m1/s1. The summed E-state index contributed by atoms with van der Waals surface area (Å²) in [5.41, 5.74) is 10.6. The predicted molar refractivity (Wildman–Crippen MR) is 190 cm³/mol. The Bertz CT molecular complexity index is 2250. The Morgan fingerprint density at radius 3 is 2.63 bits per heavy atom. The van der Waals surface area contributed by atoms with Crippen molar-refractivity contribution in [2.75, 3.05) is 11.5 Å². The molecule has 5 heterocycles. The summed E-state index contributed by atoms with van der Waals surface area (Å²) < 4.78 is 18.5. The number of rotatable bonds is 13. The smallest absolute Gasteiger partial charge is 0.352 e. The van der Waals surface area contributed by atoms with Crippen molar-refractivity contribution < 1.29 is 43.2 Å². The molecular weight excluding hydrogens is 739 g/mol. The summed E-state index contributed by atoms with van der Waals surface area (Å²) in [7, 11) is 0. The number of pyridine rings is 1. The van der Waals surface area contributed by atoms with E-state index in [1.165, 1.54) is 36.6 Å². The number of amidine groups is 1. The second-order valence-electron chi connectivity index (χ2n) is 12.5. The Balaban J connectivity index is 1.22. The number of oxime groups is 1. The number of nitrogens with two attached hydrogens (primary N) is 2. The number of nitrogen functional groups attached to an aromatic ring is 2. The Morgan fingerprint density at radius 1 is 1.25 bits per heavy atom. The van der Waals surface area contributed by atoms with Crippen LogP contribution in [0.4, 0.5) is 9.52 Å². The number of carboxylic acids is 2. The van der Waals surface area contributed by atoms with Gasteiger partial charge in [-0.25, -0.2) is 19.0 Å². The van der Waals surface area contributed by atoms with Crippen LogP contribution in [-0.2, 0) is 37.1 Å². The average molecular weight is 770 g/mol. The number of thioether (sulfide) groups is 1. The van der Waals surface area contributed by atoms with Gasteiger partial charge in [-0.3, -0.25) is 19.9 Å². The molecule has 19 heteroatoms. The highest BCUT2D eigenvalue weighted by Gasteiger charge is 2.54. The Morgan fingerprint density at radius 2 is 2.00 bits per heavy atom. The minimum Gasteiger partial charge on any atom is -0.478 e. The van der Waals surface area contributed by atoms with Crippen molar-refractivity contribution in [3.8, 4) is 0 Å². The molecule has 7 N–H and O–H groups in total. The average Bonchev–Trinajstić information content (AvgIpc) is 3.64. The molecule has 1 fully saturated rings. The summed E-state index contributed by atoms with van der Waals surface area (Å²) in [5.74, 6) is -5.37. The van der Waals surface area contributed by atoms with Gasteiger partial charge < -0.3 is 31.1 Å². The molecule has 2 aliphatic heterocycles. The summed E-state index contributed by atoms with van der Waals surface area (Å²) in [5, 5.41) is 31.2. The second-order valence-corrected chi connectivity index (χ2v) is 15.3. The quantitative estimate of drug-likeness (QED) is 0.0436. The van der Waals surface area contributed by atoms with Gasteiger partial charge in [-0.1, -0.05) is 40.2 Å². The molecule has 2 atom stereocenters. The van der Waals surface area contributed by atoms with E-state index in [1.807, 2.05) is 29.1 Å². The number of nitrogens with zero attached hydrogens (tertiary/aromatic N) is 5. The molecule has 0 spiro atoms. The molecule has 0 bridgehead atoms. The first-order chi connectivity index (χ1) is 24.5. The number of amides is 1. The number of Topliss-reactive ketones (excluding diaryl/α,β-unsaturated/α-hetero) is 1. The fourth-order valence-corrected chi connectivity index (χ4v) is 8.11. The van der Waals surface area contributed by atoms with Crippen molar-refractivity contribution in [1.82, 2.24) is 14.5 Å². The number of ketones is 1. The van der Waals surface area contributed by atoms with Crippen molar-refractivity contribution in [2.45, 2.75) is 44.3 Å². The van der Waals surface area contributed by atoms with E-state index < -0.39 is 58.5 Å². The number of carbonyl (C=O) groups excluding carboxylic acids is 2. The van der Waals surface area contributed by atoms with Crippen LogP contribution in [0.15, 0.2) is 65.3 Å². The third-order valence-corrected chi connectivity index (χ3v) is 11.1. The van der Waals surface area contributed by atoms with E-state index in [9.17, 15) is 33.8 Å². The lowest BCUT2D eigenvalue weighted by Gasteiger charge is -2.49. The minimum absolute atomic E-state index is 0.00844. The number of aromatic nitrogens is 3. The highest BCUT2D eigenvalue weighted by Crippen LogP contribution is 2.45. The molecule has 0 unspecified atom stereocenters. The lowest BCUT2D eigenvalue weighted by atomic mass is 9.89. The van der Waals surface area contributed by atoms with Crippen molar-refractivity contribution >= 4 is 85.9 Å². The summed E-state index contributed by atoms with van der Waals surface area (Å²) in [6.45, 7) is 2.79. The molecule has 270 valence electrons. The van der Waals surface area contributed by atoms with Crippen molar-refractivity contribution in [3.63, 3.8) is 0 Å². The van der Waals surface area contributed by atoms with Gasteiger partial charge in [0.15, 0.2) is 35.6 Å². The largest absolute Gasteiger partial charge is 0.478 e. The fourth-order valence-electron chi connectivity index (χ4n) is 5.77. The zero-order valence-corrected chi connectivity index (χ0v) is 29.9. The minimum atomic E-state index is -1.81. The number of β-lactam (4-membered cyclic amide) rings is 1. The zero-order valence-electron chi connectivity index (χ0n) is 27.5. The van der Waals surface area contributed by atoms with Crippen LogP contribution < -0.4 is 16.0 Å². The summed E-state index contributed by atoms with van der Waals surface area (Å²) >= 11 is 8.41. The normalized spacial score (nSPS) is 17.6. The summed E-state index contributed by atoms with van der Waals surface area (Å²) in [6, 6.07) is 8.09. The van der Waals surface area contributed by atoms with Crippen molar-refractivity contribution in [3.05, 3.63) is 87.2 Å². The van der Waals surface area contributed by atoms with E-state index >= 15 is 0 Å². The number of nitrogens with one attached hydrogen (secondary N) is 1. The topological polar surface area (TPSA) is 231 Å². The molecule has 1 aromatic carbocycles. The van der Waals surface area contributed by atoms with E-state index in [0.29, 0.717) is 11.1 Å². The number of anilines is 1. The van der Waals surface area contributed by atoms with Gasteiger partial charge in [0.2, 0.25) is 11.5 Å². The van der Waals surface area contributed by atoms with Gasteiger partial charge in [-0.2, -0.15) is 4.57 Å². The highest BCUT2D eigenvalue weighted by molar-refractivity contribution is 8.00. The first-order valence-electron chi connectivity index (χ1n) is 15.5.